The summed E-state index contributed by atoms with van der Waals surface area (Å²) in [7, 11) is 0. The van der Waals surface area contributed by atoms with Gasteiger partial charge < -0.3 is 0 Å². The highest BCUT2D eigenvalue weighted by Crippen LogP contribution is 2.41. The van der Waals surface area contributed by atoms with E-state index in [2.05, 4.69) is 103 Å². The van der Waals surface area contributed by atoms with Crippen LogP contribution in [0.4, 0.5) is 0 Å². The number of fused-ring (bicyclic) bond motifs is 2. The first-order valence-corrected chi connectivity index (χ1v) is 12.5. The molecule has 0 radical (unpaired) electrons. The van der Waals surface area contributed by atoms with Gasteiger partial charge in [0.1, 0.15) is 0 Å². The van der Waals surface area contributed by atoms with Crippen molar-refractivity contribution in [2.24, 2.45) is 0 Å². The van der Waals surface area contributed by atoms with Crippen LogP contribution in [0.25, 0.3) is 21.0 Å². The summed E-state index contributed by atoms with van der Waals surface area (Å²) in [5.41, 5.74) is 9.15. The summed E-state index contributed by atoms with van der Waals surface area (Å²) in [5, 5.41) is 7.87. The van der Waals surface area contributed by atoms with Crippen LogP contribution in [-0.4, -0.2) is 14.2 Å². The van der Waals surface area contributed by atoms with Gasteiger partial charge in [0, 0.05) is 23.2 Å². The Kier molecular flexibility index (Phi) is 5.52. The first kappa shape index (κ1) is 23.0. The molecule has 0 aliphatic heterocycles. The van der Waals surface area contributed by atoms with E-state index in [1.165, 1.54) is 48.9 Å². The minimum Gasteiger partial charge on any atom is -0.262 e. The molecule has 4 rings (SSSR count). The molecule has 4 aromatic rings. The Hall–Kier alpha value is -2.20. The van der Waals surface area contributed by atoms with E-state index in [0.717, 1.165) is 12.1 Å². The number of aromatic nitrogens is 3. The summed E-state index contributed by atoms with van der Waals surface area (Å²) in [4.78, 5) is 0. The van der Waals surface area contributed by atoms with Crippen LogP contribution in [0.3, 0.4) is 0 Å². The average molecular weight is 448 g/mol. The molecule has 4 heteroatoms. The quantitative estimate of drug-likeness (QED) is 0.317. The van der Waals surface area contributed by atoms with E-state index in [-0.39, 0.29) is 10.8 Å². The van der Waals surface area contributed by atoms with Crippen LogP contribution in [0.5, 0.6) is 0 Å². The van der Waals surface area contributed by atoms with Gasteiger partial charge in [0.25, 0.3) is 0 Å². The summed E-state index contributed by atoms with van der Waals surface area (Å²) < 4.78 is 8.21. The van der Waals surface area contributed by atoms with Crippen molar-refractivity contribution >= 4 is 32.5 Å². The molecule has 0 N–H and O–H groups in total. The molecule has 0 fully saturated rings. The number of hydrogen-bond donors (Lipinski definition) is 0. The highest BCUT2D eigenvalue weighted by Gasteiger charge is 2.31. The van der Waals surface area contributed by atoms with Crippen molar-refractivity contribution in [2.45, 2.75) is 92.5 Å². The number of nitrogens with zero attached hydrogens (tertiary/aromatic N) is 3. The minimum atomic E-state index is -0.0625. The Labute approximate surface area is 197 Å². The van der Waals surface area contributed by atoms with Crippen molar-refractivity contribution in [3.05, 3.63) is 57.9 Å². The normalized spacial score (nSPS) is 13.1. The summed E-state index contributed by atoms with van der Waals surface area (Å²) in [6.07, 6.45) is 0.894. The Morgan fingerprint density at radius 2 is 1.53 bits per heavy atom. The van der Waals surface area contributed by atoms with Crippen molar-refractivity contribution in [2.75, 3.05) is 0 Å². The number of benzene rings is 2. The third kappa shape index (κ3) is 3.67. The molecule has 0 bridgehead atoms. The lowest BCUT2D eigenvalue weighted by Gasteiger charge is -2.28. The maximum atomic E-state index is 5.24. The molecule has 3 nitrogen and oxygen atoms in total. The zero-order valence-electron chi connectivity index (χ0n) is 21.3. The Balaban J connectivity index is 1.95. The zero-order valence-corrected chi connectivity index (χ0v) is 22.2. The van der Waals surface area contributed by atoms with Gasteiger partial charge in [-0.2, -0.15) is 9.47 Å². The van der Waals surface area contributed by atoms with Gasteiger partial charge in [-0.15, -0.1) is 0 Å². The second-order valence-corrected chi connectivity index (χ2v) is 12.2. The van der Waals surface area contributed by atoms with Crippen molar-refractivity contribution < 1.29 is 0 Å². The largest absolute Gasteiger partial charge is 0.262 e. The van der Waals surface area contributed by atoms with Gasteiger partial charge in [0.05, 0.1) is 21.6 Å². The van der Waals surface area contributed by atoms with E-state index >= 15 is 0 Å². The minimum absolute atomic E-state index is 0.0602. The van der Waals surface area contributed by atoms with Crippen LogP contribution < -0.4 is 0 Å². The van der Waals surface area contributed by atoms with E-state index in [0.29, 0.717) is 6.04 Å². The fourth-order valence-electron chi connectivity index (χ4n) is 5.51. The smallest absolute Gasteiger partial charge is 0.0728 e. The fraction of sp³-hybridized carbons (Fsp3) is 0.500. The summed E-state index contributed by atoms with van der Waals surface area (Å²) >= 11 is 1.61. The average Bonchev–Trinajstić information content (AvgIpc) is 3.21. The van der Waals surface area contributed by atoms with E-state index in [1.54, 1.807) is 11.5 Å². The molecule has 0 aliphatic rings. The van der Waals surface area contributed by atoms with Crippen molar-refractivity contribution in [3.63, 3.8) is 0 Å². The van der Waals surface area contributed by atoms with E-state index < -0.39 is 0 Å². The summed E-state index contributed by atoms with van der Waals surface area (Å²) in [6, 6.07) is 9.36. The predicted octanol–water partition coefficient (Wildman–Crippen LogP) is 7.97. The van der Waals surface area contributed by atoms with Gasteiger partial charge in [-0.1, -0.05) is 52.8 Å². The molecule has 0 saturated heterocycles. The second kappa shape index (κ2) is 7.69. The van der Waals surface area contributed by atoms with Gasteiger partial charge in [0.2, 0.25) is 0 Å². The van der Waals surface area contributed by atoms with Crippen LogP contribution >= 0.6 is 11.5 Å². The Morgan fingerprint density at radius 1 is 0.906 bits per heavy atom. The molecule has 2 heterocycles. The molecule has 0 saturated carbocycles. The summed E-state index contributed by atoms with van der Waals surface area (Å²) in [6.45, 7) is 22.8. The first-order chi connectivity index (χ1) is 14.8. The van der Waals surface area contributed by atoms with Crippen LogP contribution in [0.2, 0.25) is 0 Å². The molecular formula is C28H37N3S. The SMILES string of the molecule is Cc1ccc2snc(C)c2c1C(C)(C)Cc1nn(C(C)C)c2c(C(C)(C)C)c(C)ccc12. The fourth-order valence-corrected chi connectivity index (χ4v) is 6.31. The molecule has 0 atom stereocenters. The Morgan fingerprint density at radius 3 is 2.16 bits per heavy atom. The highest BCUT2D eigenvalue weighted by atomic mass is 32.1. The molecule has 2 aromatic carbocycles. The Bertz CT molecular complexity index is 1310. The van der Waals surface area contributed by atoms with Crippen LogP contribution in [0.15, 0.2) is 24.3 Å². The molecule has 2 aromatic heterocycles. The third-order valence-electron chi connectivity index (χ3n) is 6.70. The lowest BCUT2D eigenvalue weighted by atomic mass is 9.76. The maximum Gasteiger partial charge on any atom is 0.0728 e. The van der Waals surface area contributed by atoms with E-state index in [9.17, 15) is 0 Å². The van der Waals surface area contributed by atoms with Gasteiger partial charge in [-0.25, -0.2) is 0 Å². The van der Waals surface area contributed by atoms with Crippen molar-refractivity contribution in [1.82, 2.24) is 14.2 Å². The molecule has 0 unspecified atom stereocenters. The third-order valence-corrected chi connectivity index (χ3v) is 7.60. The summed E-state index contributed by atoms with van der Waals surface area (Å²) in [5.74, 6) is 0. The molecule has 170 valence electrons. The molecular weight excluding hydrogens is 410 g/mol. The van der Waals surface area contributed by atoms with Crippen LogP contribution in [0.1, 0.15) is 88.1 Å². The van der Waals surface area contributed by atoms with Gasteiger partial charge in [-0.3, -0.25) is 4.68 Å². The standard InChI is InChI=1S/C28H37N3S/c1-16(2)31-26-20(13-11-18(4)25(26)27(6,7)8)21(29-31)15-28(9,10)24-17(3)12-14-22-23(24)19(5)30-32-22/h11-14,16H,15H2,1-10H3. The number of rotatable bonds is 4. The van der Waals surface area contributed by atoms with Crippen molar-refractivity contribution in [3.8, 4) is 0 Å². The topological polar surface area (TPSA) is 30.7 Å². The number of hydrogen-bond acceptors (Lipinski definition) is 3. The van der Waals surface area contributed by atoms with Gasteiger partial charge in [-0.05, 0) is 85.3 Å². The first-order valence-electron chi connectivity index (χ1n) is 11.7. The lowest BCUT2D eigenvalue weighted by molar-refractivity contribution is 0.493. The highest BCUT2D eigenvalue weighted by molar-refractivity contribution is 7.13. The molecule has 32 heavy (non-hydrogen) atoms. The molecule has 0 aliphatic carbocycles. The predicted molar refractivity (Wildman–Crippen MR) is 139 cm³/mol. The van der Waals surface area contributed by atoms with Crippen LogP contribution in [-0.2, 0) is 17.3 Å². The second-order valence-electron chi connectivity index (χ2n) is 11.3. The van der Waals surface area contributed by atoms with Gasteiger partial charge in [0.15, 0.2) is 0 Å². The van der Waals surface area contributed by atoms with Gasteiger partial charge >= 0.3 is 0 Å². The maximum absolute atomic E-state index is 5.24. The van der Waals surface area contributed by atoms with Crippen LogP contribution in [0, 0.1) is 20.8 Å². The molecule has 0 amide bonds. The molecule has 0 spiro atoms. The zero-order chi connectivity index (χ0) is 23.6. The van der Waals surface area contributed by atoms with Crippen molar-refractivity contribution in [1.29, 1.82) is 0 Å². The lowest BCUT2D eigenvalue weighted by Crippen LogP contribution is -2.23. The monoisotopic (exact) mass is 447 g/mol. The van der Waals surface area contributed by atoms with E-state index in [1.807, 2.05) is 0 Å². The van der Waals surface area contributed by atoms with E-state index in [4.69, 9.17) is 5.10 Å². The number of aryl methyl sites for hydroxylation is 3.